The molecule has 1 amide bonds. The van der Waals surface area contributed by atoms with Crippen LogP contribution >= 0.6 is 11.3 Å². The van der Waals surface area contributed by atoms with Gasteiger partial charge in [-0.05, 0) is 13.3 Å². The summed E-state index contributed by atoms with van der Waals surface area (Å²) in [6.45, 7) is 3.56. The van der Waals surface area contributed by atoms with Crippen LogP contribution in [-0.4, -0.2) is 62.6 Å². The molecule has 24 heavy (non-hydrogen) atoms. The van der Waals surface area contributed by atoms with Crippen molar-refractivity contribution in [1.29, 1.82) is 0 Å². The third-order valence-corrected chi connectivity index (χ3v) is 5.34. The van der Waals surface area contributed by atoms with Crippen LogP contribution < -0.4 is 0 Å². The Bertz CT molecular complexity index is 715. The van der Waals surface area contributed by atoms with Crippen molar-refractivity contribution >= 4 is 17.2 Å². The molecule has 1 fully saturated rings. The topological polar surface area (TPSA) is 54.3 Å². The van der Waals surface area contributed by atoms with Crippen molar-refractivity contribution < 1.29 is 9.18 Å². The zero-order valence-corrected chi connectivity index (χ0v) is 15.0. The number of thiazole rings is 1. The van der Waals surface area contributed by atoms with Crippen LogP contribution in [0.4, 0.5) is 4.39 Å². The molecule has 1 aliphatic heterocycles. The molecule has 0 bridgehead atoms. The second-order valence-corrected chi connectivity index (χ2v) is 7.33. The number of imidazole rings is 1. The smallest absolute Gasteiger partial charge is 0.273 e. The van der Waals surface area contributed by atoms with E-state index in [1.165, 1.54) is 0 Å². The highest BCUT2D eigenvalue weighted by Gasteiger charge is 2.34. The van der Waals surface area contributed by atoms with Crippen LogP contribution in [0.1, 0.15) is 27.5 Å². The first kappa shape index (κ1) is 17.0. The van der Waals surface area contributed by atoms with Gasteiger partial charge in [-0.3, -0.25) is 9.69 Å². The molecule has 0 saturated carbocycles. The Morgan fingerprint density at radius 1 is 1.50 bits per heavy atom. The van der Waals surface area contributed by atoms with E-state index in [1.54, 1.807) is 40.4 Å². The fourth-order valence-electron chi connectivity index (χ4n) is 3.09. The molecule has 3 heterocycles. The van der Waals surface area contributed by atoms with Gasteiger partial charge in [0.2, 0.25) is 0 Å². The number of hydrogen-bond donors (Lipinski definition) is 0. The van der Waals surface area contributed by atoms with Crippen LogP contribution in [0.5, 0.6) is 0 Å². The van der Waals surface area contributed by atoms with Gasteiger partial charge in [0.1, 0.15) is 11.9 Å². The van der Waals surface area contributed by atoms with Crippen molar-refractivity contribution in [2.24, 2.45) is 7.05 Å². The van der Waals surface area contributed by atoms with Crippen LogP contribution in [0.2, 0.25) is 0 Å². The largest absolute Gasteiger partial charge is 0.340 e. The van der Waals surface area contributed by atoms with Crippen molar-refractivity contribution in [2.75, 3.05) is 20.1 Å². The number of likely N-dealkylation sites (N-methyl/N-ethyl adjacent to an activating group) is 1. The zero-order chi connectivity index (χ0) is 17.3. The van der Waals surface area contributed by atoms with Crippen LogP contribution in [-0.2, 0) is 13.6 Å². The van der Waals surface area contributed by atoms with Crippen molar-refractivity contribution in [2.45, 2.75) is 32.1 Å². The number of alkyl halides is 1. The summed E-state index contributed by atoms with van der Waals surface area (Å²) in [5.41, 5.74) is 3.23. The zero-order valence-electron chi connectivity index (χ0n) is 14.1. The van der Waals surface area contributed by atoms with Gasteiger partial charge < -0.3 is 9.47 Å². The lowest BCUT2D eigenvalue weighted by molar-refractivity contribution is 0.0744. The SMILES string of the molecule is Cc1ncsc1CN1C[C@@H](F)C[C@H]1CN(C)C(=O)c1cn(C)cn1. The highest BCUT2D eigenvalue weighted by Crippen LogP contribution is 2.25. The van der Waals surface area contributed by atoms with Crippen LogP contribution in [0, 0.1) is 6.92 Å². The first-order valence-corrected chi connectivity index (χ1v) is 8.82. The van der Waals surface area contributed by atoms with Gasteiger partial charge in [0.15, 0.2) is 0 Å². The fraction of sp³-hybridized carbons (Fsp3) is 0.562. The molecular weight excluding hydrogens is 329 g/mol. The number of amides is 1. The maximum atomic E-state index is 14.0. The van der Waals surface area contributed by atoms with Gasteiger partial charge in [-0.1, -0.05) is 0 Å². The lowest BCUT2D eigenvalue weighted by Gasteiger charge is -2.27. The highest BCUT2D eigenvalue weighted by molar-refractivity contribution is 7.09. The number of carbonyl (C=O) groups is 1. The van der Waals surface area contributed by atoms with Crippen molar-refractivity contribution in [3.63, 3.8) is 0 Å². The normalized spacial score (nSPS) is 21.3. The number of likely N-dealkylation sites (tertiary alicyclic amines) is 1. The molecule has 8 heteroatoms. The number of nitrogens with zero attached hydrogens (tertiary/aromatic N) is 5. The average Bonchev–Trinajstić information content (AvgIpc) is 3.22. The second-order valence-electron chi connectivity index (χ2n) is 6.39. The van der Waals surface area contributed by atoms with E-state index in [2.05, 4.69) is 14.9 Å². The number of halogens is 1. The van der Waals surface area contributed by atoms with Gasteiger partial charge in [0, 0.05) is 50.8 Å². The predicted molar refractivity (Wildman–Crippen MR) is 90.7 cm³/mol. The lowest BCUT2D eigenvalue weighted by atomic mass is 10.2. The molecule has 2 atom stereocenters. The molecule has 1 saturated heterocycles. The fourth-order valence-corrected chi connectivity index (χ4v) is 3.89. The molecule has 3 rings (SSSR count). The second kappa shape index (κ2) is 6.98. The monoisotopic (exact) mass is 351 g/mol. The molecule has 0 aromatic carbocycles. The van der Waals surface area contributed by atoms with Gasteiger partial charge in [-0.2, -0.15) is 0 Å². The van der Waals surface area contributed by atoms with E-state index in [0.29, 0.717) is 31.7 Å². The number of aromatic nitrogens is 3. The molecular formula is C16H22FN5OS. The predicted octanol–water partition coefficient (Wildman–Crippen LogP) is 1.87. The molecule has 2 aromatic heterocycles. The van der Waals surface area contributed by atoms with Crippen molar-refractivity contribution in [1.82, 2.24) is 24.3 Å². The van der Waals surface area contributed by atoms with E-state index in [0.717, 1.165) is 10.6 Å². The molecule has 0 unspecified atom stereocenters. The van der Waals surface area contributed by atoms with E-state index >= 15 is 0 Å². The van der Waals surface area contributed by atoms with Crippen molar-refractivity contribution in [3.8, 4) is 0 Å². The molecule has 0 N–H and O–H groups in total. The maximum Gasteiger partial charge on any atom is 0.273 e. The Hall–Kier alpha value is -1.80. The van der Waals surface area contributed by atoms with Crippen molar-refractivity contribution in [3.05, 3.63) is 34.3 Å². The number of carbonyl (C=O) groups excluding carboxylic acids is 1. The quantitative estimate of drug-likeness (QED) is 0.825. The summed E-state index contributed by atoms with van der Waals surface area (Å²) in [7, 11) is 3.58. The minimum absolute atomic E-state index is 0.0131. The first-order chi connectivity index (χ1) is 11.4. The highest BCUT2D eigenvalue weighted by atomic mass is 32.1. The minimum Gasteiger partial charge on any atom is -0.340 e. The summed E-state index contributed by atoms with van der Waals surface area (Å²) in [6, 6.07) is 0.0131. The third-order valence-electron chi connectivity index (χ3n) is 4.42. The molecule has 0 radical (unpaired) electrons. The Labute approximate surface area is 144 Å². The molecule has 1 aliphatic rings. The summed E-state index contributed by atoms with van der Waals surface area (Å²) < 4.78 is 15.7. The summed E-state index contributed by atoms with van der Waals surface area (Å²) in [6.07, 6.45) is 2.91. The van der Waals surface area contributed by atoms with E-state index in [-0.39, 0.29) is 11.9 Å². The van der Waals surface area contributed by atoms with Gasteiger partial charge in [0.25, 0.3) is 5.91 Å². The lowest BCUT2D eigenvalue weighted by Crippen LogP contribution is -2.41. The maximum absolute atomic E-state index is 14.0. The number of hydrogen-bond acceptors (Lipinski definition) is 5. The van der Waals surface area contributed by atoms with E-state index < -0.39 is 6.17 Å². The Morgan fingerprint density at radius 3 is 2.92 bits per heavy atom. The summed E-state index contributed by atoms with van der Waals surface area (Å²) in [5, 5.41) is 0. The first-order valence-electron chi connectivity index (χ1n) is 7.94. The third kappa shape index (κ3) is 3.64. The van der Waals surface area contributed by atoms with E-state index in [1.807, 2.05) is 19.5 Å². The van der Waals surface area contributed by atoms with E-state index in [4.69, 9.17) is 0 Å². The van der Waals surface area contributed by atoms with Crippen LogP contribution in [0.15, 0.2) is 18.0 Å². The molecule has 0 aliphatic carbocycles. The van der Waals surface area contributed by atoms with Gasteiger partial charge in [-0.15, -0.1) is 11.3 Å². The van der Waals surface area contributed by atoms with Gasteiger partial charge in [0.05, 0.1) is 17.5 Å². The van der Waals surface area contributed by atoms with Gasteiger partial charge in [-0.25, -0.2) is 14.4 Å². The van der Waals surface area contributed by atoms with Gasteiger partial charge >= 0.3 is 0 Å². The summed E-state index contributed by atoms with van der Waals surface area (Å²) >= 11 is 1.60. The minimum atomic E-state index is -0.846. The Kier molecular flexibility index (Phi) is 4.96. The molecule has 130 valence electrons. The Balaban J connectivity index is 1.65. The molecule has 2 aromatic rings. The van der Waals surface area contributed by atoms with E-state index in [9.17, 15) is 9.18 Å². The summed E-state index contributed by atoms with van der Waals surface area (Å²) in [4.78, 5) is 25.7. The number of aryl methyl sites for hydroxylation is 2. The Morgan fingerprint density at radius 2 is 2.29 bits per heavy atom. The standard InChI is InChI=1S/C16H22FN5OS/c1-11-15(24-10-19-11)8-22-5-12(17)4-13(22)6-21(3)16(23)14-7-20(2)9-18-14/h7,9-10,12-13H,4-6,8H2,1-3H3/t12-,13-/m0/s1. The summed E-state index contributed by atoms with van der Waals surface area (Å²) in [5.74, 6) is -0.133. The van der Waals surface area contributed by atoms with Crippen LogP contribution in [0.3, 0.4) is 0 Å². The average molecular weight is 351 g/mol. The number of rotatable bonds is 5. The molecule has 6 nitrogen and oxygen atoms in total. The molecule has 0 spiro atoms. The van der Waals surface area contributed by atoms with Crippen LogP contribution in [0.25, 0.3) is 0 Å².